The molecule has 30 heavy (non-hydrogen) atoms. The van der Waals surface area contributed by atoms with Gasteiger partial charge in [-0.15, -0.1) is 5.10 Å². The van der Waals surface area contributed by atoms with E-state index in [1.165, 1.54) is 10.9 Å². The molecule has 0 saturated carbocycles. The molecule has 0 atom stereocenters. The highest BCUT2D eigenvalue weighted by Crippen LogP contribution is 2.15. The van der Waals surface area contributed by atoms with Crippen molar-refractivity contribution in [3.8, 4) is 5.69 Å². The Morgan fingerprint density at radius 3 is 2.53 bits per heavy atom. The fourth-order valence-corrected chi connectivity index (χ4v) is 3.40. The van der Waals surface area contributed by atoms with Crippen molar-refractivity contribution in [2.75, 3.05) is 6.54 Å². The van der Waals surface area contributed by atoms with Crippen LogP contribution >= 0.6 is 0 Å². The summed E-state index contributed by atoms with van der Waals surface area (Å²) in [4.78, 5) is 29.4. The van der Waals surface area contributed by atoms with Gasteiger partial charge in [-0.25, -0.2) is 4.98 Å². The van der Waals surface area contributed by atoms with E-state index >= 15 is 0 Å². The van der Waals surface area contributed by atoms with Crippen LogP contribution in [0.1, 0.15) is 16.7 Å². The molecule has 1 amide bonds. The number of nitrogens with zero attached hydrogens (tertiary/aromatic N) is 5. The predicted octanol–water partition coefficient (Wildman–Crippen LogP) is 1.95. The van der Waals surface area contributed by atoms with Gasteiger partial charge in [-0.05, 0) is 49.1 Å². The lowest BCUT2D eigenvalue weighted by atomic mass is 10.1. The predicted molar refractivity (Wildman–Crippen MR) is 114 cm³/mol. The van der Waals surface area contributed by atoms with Gasteiger partial charge in [0.2, 0.25) is 5.91 Å². The van der Waals surface area contributed by atoms with Crippen molar-refractivity contribution in [2.24, 2.45) is 0 Å². The lowest BCUT2D eigenvalue weighted by Crippen LogP contribution is -2.33. The van der Waals surface area contributed by atoms with Crippen LogP contribution in [-0.2, 0) is 17.8 Å². The monoisotopic (exact) mass is 402 g/mol. The zero-order chi connectivity index (χ0) is 21.1. The first kappa shape index (κ1) is 19.5. The molecule has 1 N–H and O–H groups in total. The molecule has 4 rings (SSSR count). The number of benzene rings is 2. The molecule has 0 unspecified atom stereocenters. The minimum Gasteiger partial charge on any atom is -0.354 e. The van der Waals surface area contributed by atoms with Gasteiger partial charge in [-0.2, -0.15) is 4.68 Å². The van der Waals surface area contributed by atoms with Gasteiger partial charge in [0.25, 0.3) is 5.56 Å². The summed E-state index contributed by atoms with van der Waals surface area (Å²) >= 11 is 0. The Labute approximate surface area is 173 Å². The average Bonchev–Trinajstić information content (AvgIpc) is 3.15. The van der Waals surface area contributed by atoms with Crippen LogP contribution in [0.25, 0.3) is 16.9 Å². The lowest BCUT2D eigenvalue weighted by molar-refractivity contribution is -0.121. The standard InChI is InChI=1S/C22H22N6O2/c1-15-10-16(2)12-18(11-15)28-21-20(25-26-28)22(30)27(14-24-21)13-19(29)23-9-8-17-6-4-3-5-7-17/h3-7,10-12,14H,8-9,13H2,1-2H3,(H,23,29). The molecule has 0 bridgehead atoms. The zero-order valence-electron chi connectivity index (χ0n) is 16.9. The summed E-state index contributed by atoms with van der Waals surface area (Å²) < 4.78 is 2.79. The SMILES string of the molecule is Cc1cc(C)cc(-n2nnc3c(=O)n(CC(=O)NCCc4ccccc4)cnc32)c1. The van der Waals surface area contributed by atoms with Crippen LogP contribution in [0.15, 0.2) is 59.7 Å². The van der Waals surface area contributed by atoms with E-state index in [-0.39, 0.29) is 18.0 Å². The number of rotatable bonds is 6. The van der Waals surface area contributed by atoms with Gasteiger partial charge in [0.15, 0.2) is 11.2 Å². The van der Waals surface area contributed by atoms with Gasteiger partial charge in [-0.3, -0.25) is 14.2 Å². The quantitative estimate of drug-likeness (QED) is 0.532. The van der Waals surface area contributed by atoms with Crippen molar-refractivity contribution in [1.82, 2.24) is 29.9 Å². The first-order valence-corrected chi connectivity index (χ1v) is 9.71. The van der Waals surface area contributed by atoms with Crippen LogP contribution in [0.3, 0.4) is 0 Å². The third-order valence-electron chi connectivity index (χ3n) is 4.77. The van der Waals surface area contributed by atoms with Crippen LogP contribution < -0.4 is 10.9 Å². The van der Waals surface area contributed by atoms with Crippen LogP contribution in [0, 0.1) is 13.8 Å². The summed E-state index contributed by atoms with van der Waals surface area (Å²) in [6.07, 6.45) is 2.09. The molecule has 0 aliphatic rings. The maximum absolute atomic E-state index is 12.8. The van der Waals surface area contributed by atoms with Crippen molar-refractivity contribution < 1.29 is 4.79 Å². The molecule has 0 fully saturated rings. The number of amides is 1. The van der Waals surface area contributed by atoms with E-state index in [0.717, 1.165) is 28.8 Å². The highest BCUT2D eigenvalue weighted by atomic mass is 16.2. The number of aromatic nitrogens is 5. The number of aryl methyl sites for hydroxylation is 2. The summed E-state index contributed by atoms with van der Waals surface area (Å²) in [7, 11) is 0. The number of fused-ring (bicyclic) bond motifs is 1. The normalized spacial score (nSPS) is 11.0. The number of carbonyl (C=O) groups excluding carboxylic acids is 1. The van der Waals surface area contributed by atoms with E-state index in [4.69, 9.17) is 0 Å². The average molecular weight is 402 g/mol. The number of carbonyl (C=O) groups is 1. The molecular weight excluding hydrogens is 380 g/mol. The van der Waals surface area contributed by atoms with Crippen LogP contribution in [0.5, 0.6) is 0 Å². The van der Waals surface area contributed by atoms with E-state index < -0.39 is 5.56 Å². The molecule has 8 nitrogen and oxygen atoms in total. The van der Waals surface area contributed by atoms with Crippen molar-refractivity contribution in [3.63, 3.8) is 0 Å². The van der Waals surface area contributed by atoms with Gasteiger partial charge < -0.3 is 5.32 Å². The van der Waals surface area contributed by atoms with Gasteiger partial charge >= 0.3 is 0 Å². The Kier molecular flexibility index (Phi) is 5.38. The molecule has 0 aliphatic carbocycles. The molecule has 0 radical (unpaired) electrons. The highest BCUT2D eigenvalue weighted by Gasteiger charge is 2.15. The molecular formula is C22H22N6O2. The van der Waals surface area contributed by atoms with E-state index in [1.807, 2.05) is 56.3 Å². The second-order valence-corrected chi connectivity index (χ2v) is 7.28. The van der Waals surface area contributed by atoms with Crippen LogP contribution in [-0.4, -0.2) is 37.0 Å². The van der Waals surface area contributed by atoms with E-state index in [9.17, 15) is 9.59 Å². The summed E-state index contributed by atoms with van der Waals surface area (Å²) in [5.74, 6) is -0.254. The van der Waals surface area contributed by atoms with Gasteiger partial charge in [0.1, 0.15) is 12.9 Å². The Morgan fingerprint density at radius 1 is 1.07 bits per heavy atom. The third kappa shape index (κ3) is 4.12. The molecule has 2 heterocycles. The molecule has 0 aliphatic heterocycles. The lowest BCUT2D eigenvalue weighted by Gasteiger charge is -2.08. The number of nitrogens with one attached hydrogen (secondary N) is 1. The largest absolute Gasteiger partial charge is 0.354 e. The number of hydrogen-bond donors (Lipinski definition) is 1. The third-order valence-corrected chi connectivity index (χ3v) is 4.77. The first-order chi connectivity index (χ1) is 14.5. The summed E-state index contributed by atoms with van der Waals surface area (Å²) in [6, 6.07) is 15.9. The van der Waals surface area contributed by atoms with Crippen molar-refractivity contribution in [1.29, 1.82) is 0 Å². The second kappa shape index (κ2) is 8.28. The highest BCUT2D eigenvalue weighted by molar-refractivity contribution is 5.76. The maximum atomic E-state index is 12.8. The van der Waals surface area contributed by atoms with E-state index in [0.29, 0.717) is 12.2 Å². The fraction of sp³-hybridized carbons (Fsp3) is 0.227. The molecule has 4 aromatic rings. The van der Waals surface area contributed by atoms with Crippen molar-refractivity contribution in [2.45, 2.75) is 26.8 Å². The van der Waals surface area contributed by atoms with Gasteiger partial charge in [-0.1, -0.05) is 41.6 Å². The first-order valence-electron chi connectivity index (χ1n) is 9.71. The van der Waals surface area contributed by atoms with E-state index in [1.54, 1.807) is 4.68 Å². The smallest absolute Gasteiger partial charge is 0.284 e. The molecule has 0 spiro atoms. The Bertz CT molecular complexity index is 1240. The number of hydrogen-bond acceptors (Lipinski definition) is 5. The Hall–Kier alpha value is -3.81. The Morgan fingerprint density at radius 2 is 1.80 bits per heavy atom. The second-order valence-electron chi connectivity index (χ2n) is 7.28. The molecule has 8 heteroatoms. The molecule has 2 aromatic carbocycles. The van der Waals surface area contributed by atoms with E-state index in [2.05, 4.69) is 26.7 Å². The van der Waals surface area contributed by atoms with Crippen LogP contribution in [0.2, 0.25) is 0 Å². The van der Waals surface area contributed by atoms with Crippen molar-refractivity contribution >= 4 is 17.1 Å². The van der Waals surface area contributed by atoms with Crippen LogP contribution in [0.4, 0.5) is 0 Å². The minimum atomic E-state index is -0.395. The summed E-state index contributed by atoms with van der Waals surface area (Å²) in [5.41, 5.74) is 4.19. The molecule has 0 saturated heterocycles. The maximum Gasteiger partial charge on any atom is 0.284 e. The minimum absolute atomic E-state index is 0.118. The van der Waals surface area contributed by atoms with Gasteiger partial charge in [0, 0.05) is 6.54 Å². The topological polar surface area (TPSA) is 94.7 Å². The van der Waals surface area contributed by atoms with Crippen molar-refractivity contribution in [3.05, 3.63) is 81.9 Å². The summed E-state index contributed by atoms with van der Waals surface area (Å²) in [6.45, 7) is 4.36. The zero-order valence-corrected chi connectivity index (χ0v) is 16.9. The van der Waals surface area contributed by atoms with Gasteiger partial charge in [0.05, 0.1) is 5.69 Å². The molecule has 152 valence electrons. The summed E-state index contributed by atoms with van der Waals surface area (Å²) in [5, 5.41) is 10.9. The molecule has 2 aromatic heterocycles. The Balaban J connectivity index is 1.50. The fourth-order valence-electron chi connectivity index (χ4n) is 3.40.